The molecule has 0 radical (unpaired) electrons. The van der Waals surface area contributed by atoms with Crippen molar-refractivity contribution in [2.24, 2.45) is 10.9 Å². The van der Waals surface area contributed by atoms with Crippen LogP contribution >= 0.6 is 0 Å². The highest BCUT2D eigenvalue weighted by Gasteiger charge is 2.35. The van der Waals surface area contributed by atoms with Gasteiger partial charge in [0.1, 0.15) is 17.8 Å². The minimum absolute atomic E-state index is 0.338. The fraction of sp³-hybridized carbons (Fsp3) is 0.481. The van der Waals surface area contributed by atoms with Crippen LogP contribution in [0.4, 0.5) is 11.5 Å². The molecule has 0 atom stereocenters. The Labute approximate surface area is 200 Å². The maximum atomic E-state index is 6.12. The number of ether oxygens (including phenoxy) is 1. The topological polar surface area (TPSA) is 102 Å². The monoisotopic (exact) mass is 456 g/mol. The zero-order valence-electron chi connectivity index (χ0n) is 19.9. The van der Waals surface area contributed by atoms with Gasteiger partial charge in [0.05, 0.1) is 5.71 Å². The van der Waals surface area contributed by atoms with Crippen molar-refractivity contribution in [3.05, 3.63) is 59.4 Å². The fourth-order valence-electron chi connectivity index (χ4n) is 5.47. The lowest BCUT2D eigenvalue weighted by Crippen LogP contribution is -2.41. The zero-order chi connectivity index (χ0) is 23.3. The summed E-state index contributed by atoms with van der Waals surface area (Å²) in [4.78, 5) is 21.2. The van der Waals surface area contributed by atoms with E-state index in [0.29, 0.717) is 29.2 Å². The second-order valence-corrected chi connectivity index (χ2v) is 10.6. The first-order chi connectivity index (χ1) is 16.5. The summed E-state index contributed by atoms with van der Waals surface area (Å²) < 4.78 is 6.12. The van der Waals surface area contributed by atoms with Crippen molar-refractivity contribution in [1.29, 1.82) is 0 Å². The molecule has 3 N–H and O–H groups in total. The third kappa shape index (κ3) is 4.08. The Bertz CT molecular complexity index is 1220. The second-order valence-electron chi connectivity index (χ2n) is 10.6. The molecule has 2 saturated carbocycles. The van der Waals surface area contributed by atoms with Crippen LogP contribution in [0, 0.1) is 5.92 Å². The van der Waals surface area contributed by atoms with Gasteiger partial charge in [0.2, 0.25) is 5.88 Å². The van der Waals surface area contributed by atoms with Crippen LogP contribution in [0.2, 0.25) is 0 Å². The van der Waals surface area contributed by atoms with Gasteiger partial charge in [-0.3, -0.25) is 0 Å². The van der Waals surface area contributed by atoms with Crippen molar-refractivity contribution in [2.45, 2.75) is 76.2 Å². The van der Waals surface area contributed by atoms with E-state index in [0.717, 1.165) is 23.6 Å². The molecule has 7 heteroatoms. The Hall–Kier alpha value is -3.22. The molecule has 6 rings (SSSR count). The minimum Gasteiger partial charge on any atom is -0.463 e. The number of nitrogens with one attached hydrogen (secondary N) is 1. The van der Waals surface area contributed by atoms with Crippen LogP contribution in [0.1, 0.15) is 86.9 Å². The summed E-state index contributed by atoms with van der Waals surface area (Å²) >= 11 is 0. The van der Waals surface area contributed by atoms with Crippen molar-refractivity contribution in [1.82, 2.24) is 19.9 Å². The lowest BCUT2D eigenvalue weighted by Gasteiger charge is -2.32. The van der Waals surface area contributed by atoms with E-state index in [1.807, 2.05) is 13.8 Å². The van der Waals surface area contributed by atoms with E-state index in [2.05, 4.69) is 50.4 Å². The third-order valence-electron chi connectivity index (χ3n) is 7.59. The number of benzene rings is 1. The van der Waals surface area contributed by atoms with Gasteiger partial charge in [0, 0.05) is 23.4 Å². The number of H-pyrrole nitrogens is 1. The molecule has 0 unspecified atom stereocenters. The predicted molar refractivity (Wildman–Crippen MR) is 133 cm³/mol. The third-order valence-corrected chi connectivity index (χ3v) is 7.59. The summed E-state index contributed by atoms with van der Waals surface area (Å²) in [6, 6.07) is 8.85. The average molecular weight is 457 g/mol. The Morgan fingerprint density at radius 3 is 2.44 bits per heavy atom. The largest absolute Gasteiger partial charge is 0.463 e. The first kappa shape index (κ1) is 21.3. The van der Waals surface area contributed by atoms with Crippen molar-refractivity contribution < 1.29 is 4.74 Å². The standard InChI is InChI=1S/C27H32N6O/c1-27(2)23(33-22-24(28)30-15-31-26(22)34-27)19-9-7-18(8-10-19)17-5-3-16(4-6-17)13-21-14-29-25(32-21)20-11-12-20/h7-10,14-17,20H,3-6,11-13H2,1-2H3,(H,29,32)(H2,28,30,31). The van der Waals surface area contributed by atoms with Gasteiger partial charge in [0.25, 0.3) is 0 Å². The molecule has 176 valence electrons. The number of rotatable bonds is 5. The molecule has 0 amide bonds. The average Bonchev–Trinajstić information content (AvgIpc) is 3.58. The van der Waals surface area contributed by atoms with Gasteiger partial charge in [-0.15, -0.1) is 0 Å². The molecular formula is C27H32N6O. The normalized spacial score (nSPS) is 23.6. The SMILES string of the molecule is CC1(C)Oc2ncnc(N)c2N=C1c1ccc(C2CCC(Cc3cnc(C4CC4)[nH]3)CC2)cc1. The van der Waals surface area contributed by atoms with Gasteiger partial charge in [-0.2, -0.15) is 4.98 Å². The Morgan fingerprint density at radius 1 is 0.971 bits per heavy atom. The van der Waals surface area contributed by atoms with Gasteiger partial charge >= 0.3 is 0 Å². The smallest absolute Gasteiger partial charge is 0.246 e. The molecule has 1 aliphatic heterocycles. The van der Waals surface area contributed by atoms with Crippen molar-refractivity contribution in [3.63, 3.8) is 0 Å². The fourth-order valence-corrected chi connectivity index (χ4v) is 5.47. The second kappa shape index (κ2) is 8.22. The van der Waals surface area contributed by atoms with E-state index < -0.39 is 5.60 Å². The molecule has 34 heavy (non-hydrogen) atoms. The maximum Gasteiger partial charge on any atom is 0.246 e. The number of nitrogens with two attached hydrogens (primary N) is 1. The van der Waals surface area contributed by atoms with Crippen molar-refractivity contribution in [3.8, 4) is 5.88 Å². The van der Waals surface area contributed by atoms with Gasteiger partial charge in [-0.25, -0.2) is 15.0 Å². The molecule has 7 nitrogen and oxygen atoms in total. The summed E-state index contributed by atoms with van der Waals surface area (Å²) in [5.74, 6) is 4.06. The van der Waals surface area contributed by atoms with E-state index in [1.54, 1.807) is 0 Å². The quantitative estimate of drug-likeness (QED) is 0.530. The highest BCUT2D eigenvalue weighted by atomic mass is 16.5. The lowest BCUT2D eigenvalue weighted by atomic mass is 9.77. The molecule has 2 aromatic heterocycles. The number of hydrogen-bond donors (Lipinski definition) is 2. The summed E-state index contributed by atoms with van der Waals surface area (Å²) in [6.45, 7) is 4.02. The number of aliphatic imine (C=N–C) groups is 1. The zero-order valence-corrected chi connectivity index (χ0v) is 19.9. The molecule has 2 aliphatic carbocycles. The lowest BCUT2D eigenvalue weighted by molar-refractivity contribution is 0.171. The minimum atomic E-state index is -0.598. The molecule has 3 aromatic rings. The van der Waals surface area contributed by atoms with Gasteiger partial charge < -0.3 is 15.5 Å². The maximum absolute atomic E-state index is 6.12. The van der Waals surface area contributed by atoms with Gasteiger partial charge in [-0.1, -0.05) is 24.3 Å². The van der Waals surface area contributed by atoms with Crippen molar-refractivity contribution in [2.75, 3.05) is 5.73 Å². The summed E-state index contributed by atoms with van der Waals surface area (Å²) in [6.07, 6.45) is 12.2. The van der Waals surface area contributed by atoms with Crippen LogP contribution in [0.15, 0.2) is 41.8 Å². The number of nitrogen functional groups attached to an aromatic ring is 1. The van der Waals surface area contributed by atoms with Gasteiger partial charge in [0.15, 0.2) is 11.5 Å². The van der Waals surface area contributed by atoms with E-state index in [-0.39, 0.29) is 0 Å². The Balaban J connectivity index is 1.12. The first-order valence-electron chi connectivity index (χ1n) is 12.5. The van der Waals surface area contributed by atoms with Crippen LogP contribution in [-0.2, 0) is 6.42 Å². The van der Waals surface area contributed by atoms with Crippen LogP contribution in [-0.4, -0.2) is 31.2 Å². The summed E-state index contributed by atoms with van der Waals surface area (Å²) in [5.41, 5.74) is 10.6. The number of hydrogen-bond acceptors (Lipinski definition) is 6. The van der Waals surface area contributed by atoms with Crippen LogP contribution < -0.4 is 10.5 Å². The molecule has 1 aromatic carbocycles. The summed E-state index contributed by atoms with van der Waals surface area (Å²) in [7, 11) is 0. The Morgan fingerprint density at radius 2 is 1.71 bits per heavy atom. The molecular weight excluding hydrogens is 424 g/mol. The van der Waals surface area contributed by atoms with Gasteiger partial charge in [-0.05, 0) is 76.2 Å². The molecule has 3 heterocycles. The Kier molecular flexibility index (Phi) is 5.15. The van der Waals surface area contributed by atoms with Crippen LogP contribution in [0.3, 0.4) is 0 Å². The number of fused-ring (bicyclic) bond motifs is 1. The molecule has 0 spiro atoms. The van der Waals surface area contributed by atoms with E-state index in [9.17, 15) is 0 Å². The number of imidazole rings is 1. The van der Waals surface area contributed by atoms with E-state index >= 15 is 0 Å². The van der Waals surface area contributed by atoms with E-state index in [4.69, 9.17) is 15.5 Å². The van der Waals surface area contributed by atoms with E-state index in [1.165, 1.54) is 61.9 Å². The number of aromatic amines is 1. The summed E-state index contributed by atoms with van der Waals surface area (Å²) in [5, 5.41) is 0. The molecule has 3 aliphatic rings. The molecule has 0 saturated heterocycles. The van der Waals surface area contributed by atoms with Crippen LogP contribution in [0.25, 0.3) is 0 Å². The predicted octanol–water partition coefficient (Wildman–Crippen LogP) is 5.47. The molecule has 2 fully saturated rings. The highest BCUT2D eigenvalue weighted by molar-refractivity contribution is 6.09. The number of nitrogens with zero attached hydrogens (tertiary/aromatic N) is 4. The number of anilines is 1. The van der Waals surface area contributed by atoms with Crippen molar-refractivity contribution >= 4 is 17.2 Å². The molecule has 0 bridgehead atoms. The van der Waals surface area contributed by atoms with Crippen LogP contribution in [0.5, 0.6) is 5.88 Å². The number of aromatic nitrogens is 4. The highest BCUT2D eigenvalue weighted by Crippen LogP contribution is 2.41. The first-order valence-corrected chi connectivity index (χ1v) is 12.5.